The molecule has 6 heteroatoms. The number of hydrogen-bond acceptors (Lipinski definition) is 3. The van der Waals surface area contributed by atoms with Crippen LogP contribution < -0.4 is 5.32 Å². The molecule has 1 aromatic carbocycles. The van der Waals surface area contributed by atoms with Crippen molar-refractivity contribution in [2.24, 2.45) is 5.41 Å². The van der Waals surface area contributed by atoms with E-state index in [0.29, 0.717) is 12.8 Å². The minimum absolute atomic E-state index is 0.108. The Morgan fingerprint density at radius 3 is 2.56 bits per heavy atom. The first-order valence-electron chi connectivity index (χ1n) is 9.49. The molecule has 27 heavy (non-hydrogen) atoms. The third-order valence-electron chi connectivity index (χ3n) is 5.74. The first-order valence-corrected chi connectivity index (χ1v) is 9.49. The Bertz CT molecular complexity index is 765. The Morgan fingerprint density at radius 2 is 1.89 bits per heavy atom. The van der Waals surface area contributed by atoms with Crippen molar-refractivity contribution in [2.75, 3.05) is 6.54 Å². The molecule has 144 valence electrons. The number of carboxylic acid groups (broad SMARTS) is 1. The SMILES string of the molecule is CC(=O)N1C=Cc2ccccc2C1CC(=O)NCC1(C(=O)O)CCCCC1. The van der Waals surface area contributed by atoms with Gasteiger partial charge in [0.15, 0.2) is 0 Å². The number of fused-ring (bicyclic) bond motifs is 1. The third-order valence-corrected chi connectivity index (χ3v) is 5.74. The minimum atomic E-state index is -0.863. The van der Waals surface area contributed by atoms with Crippen LogP contribution in [0.4, 0.5) is 0 Å². The van der Waals surface area contributed by atoms with Gasteiger partial charge in [0.2, 0.25) is 11.8 Å². The van der Waals surface area contributed by atoms with Gasteiger partial charge in [-0.05, 0) is 30.0 Å². The van der Waals surface area contributed by atoms with Crippen LogP contribution in [-0.4, -0.2) is 34.3 Å². The summed E-state index contributed by atoms with van der Waals surface area (Å²) in [6.07, 6.45) is 7.67. The molecule has 0 aromatic heterocycles. The lowest BCUT2D eigenvalue weighted by atomic mass is 9.74. The average Bonchev–Trinajstić information content (AvgIpc) is 2.67. The Morgan fingerprint density at radius 1 is 1.19 bits per heavy atom. The predicted molar refractivity (Wildman–Crippen MR) is 102 cm³/mol. The van der Waals surface area contributed by atoms with Gasteiger partial charge in [0.05, 0.1) is 17.9 Å². The molecule has 2 N–H and O–H groups in total. The number of carboxylic acids is 1. The Hall–Kier alpha value is -2.63. The van der Waals surface area contributed by atoms with Crippen LogP contribution in [0.3, 0.4) is 0 Å². The second-order valence-electron chi connectivity index (χ2n) is 7.51. The highest BCUT2D eigenvalue weighted by Gasteiger charge is 2.40. The standard InChI is InChI=1S/C21H26N2O4/c1-15(24)23-12-9-16-7-3-4-8-17(16)18(23)13-19(25)22-14-21(20(26)27)10-5-2-6-11-21/h3-4,7-9,12,18H,2,5-6,10-11,13-14H2,1H3,(H,22,25)(H,26,27). The summed E-state index contributed by atoms with van der Waals surface area (Å²) >= 11 is 0. The van der Waals surface area contributed by atoms with Crippen LogP contribution in [0.2, 0.25) is 0 Å². The van der Waals surface area contributed by atoms with E-state index in [0.717, 1.165) is 30.4 Å². The highest BCUT2D eigenvalue weighted by molar-refractivity contribution is 5.82. The van der Waals surface area contributed by atoms with E-state index in [2.05, 4.69) is 5.32 Å². The molecule has 1 heterocycles. The summed E-state index contributed by atoms with van der Waals surface area (Å²) in [6.45, 7) is 1.62. The molecule has 1 aromatic rings. The van der Waals surface area contributed by atoms with Crippen molar-refractivity contribution in [3.05, 3.63) is 41.6 Å². The molecule has 1 unspecified atom stereocenters. The number of carbonyl (C=O) groups is 3. The number of amides is 2. The predicted octanol–water partition coefficient (Wildman–Crippen LogP) is 3.10. The van der Waals surface area contributed by atoms with Crippen molar-refractivity contribution in [3.8, 4) is 0 Å². The van der Waals surface area contributed by atoms with Gasteiger partial charge < -0.3 is 15.3 Å². The smallest absolute Gasteiger partial charge is 0.311 e. The normalized spacial score (nSPS) is 20.6. The maximum absolute atomic E-state index is 12.6. The molecule has 1 atom stereocenters. The van der Waals surface area contributed by atoms with E-state index >= 15 is 0 Å². The summed E-state index contributed by atoms with van der Waals surface area (Å²) in [5, 5.41) is 12.5. The maximum Gasteiger partial charge on any atom is 0.311 e. The molecule has 1 aliphatic heterocycles. The topological polar surface area (TPSA) is 86.7 Å². The molecule has 1 fully saturated rings. The zero-order chi connectivity index (χ0) is 19.4. The molecule has 2 amide bonds. The summed E-state index contributed by atoms with van der Waals surface area (Å²) in [4.78, 5) is 38.0. The first kappa shape index (κ1) is 19.1. The van der Waals surface area contributed by atoms with Gasteiger partial charge in [-0.15, -0.1) is 0 Å². The van der Waals surface area contributed by atoms with Gasteiger partial charge in [-0.25, -0.2) is 0 Å². The number of aliphatic carboxylic acids is 1. The molecular weight excluding hydrogens is 344 g/mol. The molecule has 1 aliphatic carbocycles. The zero-order valence-corrected chi connectivity index (χ0v) is 15.6. The highest BCUT2D eigenvalue weighted by atomic mass is 16.4. The molecule has 6 nitrogen and oxygen atoms in total. The molecule has 1 saturated carbocycles. The number of hydrogen-bond donors (Lipinski definition) is 2. The summed E-state index contributed by atoms with van der Waals surface area (Å²) in [5.74, 6) is -1.20. The van der Waals surface area contributed by atoms with Crippen molar-refractivity contribution in [2.45, 2.75) is 51.5 Å². The van der Waals surface area contributed by atoms with Crippen LogP contribution in [-0.2, 0) is 14.4 Å². The first-order chi connectivity index (χ1) is 12.9. The number of carbonyl (C=O) groups excluding carboxylic acids is 2. The highest BCUT2D eigenvalue weighted by Crippen LogP contribution is 2.36. The lowest BCUT2D eigenvalue weighted by Crippen LogP contribution is -2.45. The summed E-state index contributed by atoms with van der Waals surface area (Å²) < 4.78 is 0. The fraction of sp³-hybridized carbons (Fsp3) is 0.476. The van der Waals surface area contributed by atoms with Gasteiger partial charge in [0.25, 0.3) is 0 Å². The molecular formula is C21H26N2O4. The molecule has 3 rings (SSSR count). The van der Waals surface area contributed by atoms with E-state index in [1.165, 1.54) is 6.92 Å². The van der Waals surface area contributed by atoms with Crippen LogP contribution in [0.5, 0.6) is 0 Å². The number of nitrogens with zero attached hydrogens (tertiary/aromatic N) is 1. The van der Waals surface area contributed by atoms with Gasteiger partial charge in [0.1, 0.15) is 0 Å². The second-order valence-corrected chi connectivity index (χ2v) is 7.51. The van der Waals surface area contributed by atoms with Crippen molar-refractivity contribution < 1.29 is 19.5 Å². The largest absolute Gasteiger partial charge is 0.481 e. The van der Waals surface area contributed by atoms with E-state index < -0.39 is 11.4 Å². The average molecular weight is 370 g/mol. The van der Waals surface area contributed by atoms with Crippen LogP contribution in [0.1, 0.15) is 62.6 Å². The monoisotopic (exact) mass is 370 g/mol. The zero-order valence-electron chi connectivity index (χ0n) is 15.6. The Kier molecular flexibility index (Phi) is 5.63. The van der Waals surface area contributed by atoms with Crippen LogP contribution in [0, 0.1) is 5.41 Å². The van der Waals surface area contributed by atoms with Gasteiger partial charge in [0, 0.05) is 19.7 Å². The van der Waals surface area contributed by atoms with E-state index in [4.69, 9.17) is 0 Å². The Labute approximate surface area is 159 Å². The lowest BCUT2D eigenvalue weighted by Gasteiger charge is -2.34. The van der Waals surface area contributed by atoms with Gasteiger partial charge in [-0.2, -0.15) is 0 Å². The fourth-order valence-corrected chi connectivity index (χ4v) is 4.12. The van der Waals surface area contributed by atoms with E-state index in [1.54, 1.807) is 11.1 Å². The van der Waals surface area contributed by atoms with Crippen molar-refractivity contribution in [1.82, 2.24) is 10.2 Å². The number of nitrogens with one attached hydrogen (secondary N) is 1. The molecule has 0 radical (unpaired) electrons. The maximum atomic E-state index is 12.6. The van der Waals surface area contributed by atoms with Crippen molar-refractivity contribution >= 4 is 23.9 Å². The van der Waals surface area contributed by atoms with Crippen molar-refractivity contribution in [1.29, 1.82) is 0 Å². The van der Waals surface area contributed by atoms with Crippen LogP contribution in [0.15, 0.2) is 30.5 Å². The van der Waals surface area contributed by atoms with Gasteiger partial charge in [-0.1, -0.05) is 43.5 Å². The van der Waals surface area contributed by atoms with E-state index in [-0.39, 0.29) is 30.8 Å². The summed E-state index contributed by atoms with van der Waals surface area (Å²) in [5.41, 5.74) is 1.05. The van der Waals surface area contributed by atoms with E-state index in [9.17, 15) is 19.5 Å². The van der Waals surface area contributed by atoms with Gasteiger partial charge in [-0.3, -0.25) is 14.4 Å². The number of benzene rings is 1. The number of rotatable bonds is 5. The van der Waals surface area contributed by atoms with Crippen LogP contribution >= 0.6 is 0 Å². The fourth-order valence-electron chi connectivity index (χ4n) is 4.12. The second kappa shape index (κ2) is 7.94. The lowest BCUT2D eigenvalue weighted by molar-refractivity contribution is -0.151. The molecule has 0 bridgehead atoms. The third kappa shape index (κ3) is 4.04. The van der Waals surface area contributed by atoms with Gasteiger partial charge >= 0.3 is 5.97 Å². The van der Waals surface area contributed by atoms with Crippen LogP contribution in [0.25, 0.3) is 6.08 Å². The van der Waals surface area contributed by atoms with E-state index in [1.807, 2.05) is 30.3 Å². The minimum Gasteiger partial charge on any atom is -0.481 e. The Balaban J connectivity index is 1.71. The molecule has 0 spiro atoms. The molecule has 2 aliphatic rings. The van der Waals surface area contributed by atoms with Crippen molar-refractivity contribution in [3.63, 3.8) is 0 Å². The quantitative estimate of drug-likeness (QED) is 0.834. The summed E-state index contributed by atoms with van der Waals surface area (Å²) in [7, 11) is 0. The summed E-state index contributed by atoms with van der Waals surface area (Å²) in [6, 6.07) is 7.31. The molecule has 0 saturated heterocycles.